The van der Waals surface area contributed by atoms with Crippen molar-refractivity contribution in [2.45, 2.75) is 12.6 Å². The minimum Gasteiger partial charge on any atom is -0.271 e. The normalized spacial score (nSPS) is 40.9. The Morgan fingerprint density at radius 3 is 2.38 bits per heavy atom. The molecule has 2 atom stereocenters. The molecule has 48 valence electrons. The summed E-state index contributed by atoms with van der Waals surface area (Å²) in [6.07, 6.45) is -2.96. The van der Waals surface area contributed by atoms with Gasteiger partial charge in [0.15, 0.2) is 12.6 Å². The second-order valence-corrected chi connectivity index (χ2v) is 1.89. The smallest absolute Gasteiger partial charge is 0.199 e. The van der Waals surface area contributed by atoms with Crippen LogP contribution in [0.5, 0.6) is 0 Å². The lowest BCUT2D eigenvalue weighted by Crippen LogP contribution is -2.25. The Morgan fingerprint density at radius 1 is 1.62 bits per heavy atom. The summed E-state index contributed by atoms with van der Waals surface area (Å²) in [7, 11) is 1.53. The minimum atomic E-state index is -1.50. The van der Waals surface area contributed by atoms with Gasteiger partial charge in [-0.25, -0.2) is 8.78 Å². The molecule has 0 aromatic rings. The van der Waals surface area contributed by atoms with Crippen LogP contribution in [0.2, 0.25) is 0 Å². The van der Waals surface area contributed by atoms with Gasteiger partial charge in [0.1, 0.15) is 0 Å². The summed E-state index contributed by atoms with van der Waals surface area (Å²) in [5.41, 5.74) is 0. The maximum Gasteiger partial charge on any atom is 0.199 e. The van der Waals surface area contributed by atoms with E-state index in [1.54, 1.807) is 0 Å². The van der Waals surface area contributed by atoms with Crippen molar-refractivity contribution in [3.63, 3.8) is 0 Å². The lowest BCUT2D eigenvalue weighted by molar-refractivity contribution is 0.0910. The van der Waals surface area contributed by atoms with Crippen LogP contribution >= 0.6 is 0 Å². The Bertz CT molecular complexity index is 78.1. The standard InChI is InChI=1S/C4H8F2N2/c1-8-2-7-3(5)4(8)6/h3-4,7H,2H2,1H3. The zero-order chi connectivity index (χ0) is 6.15. The average molecular weight is 122 g/mol. The van der Waals surface area contributed by atoms with Gasteiger partial charge in [-0.1, -0.05) is 0 Å². The lowest BCUT2D eigenvalue weighted by Gasteiger charge is -2.08. The van der Waals surface area contributed by atoms with Crippen molar-refractivity contribution in [2.75, 3.05) is 13.7 Å². The first-order valence-electron chi connectivity index (χ1n) is 2.43. The fraction of sp³-hybridized carbons (Fsp3) is 1.00. The van der Waals surface area contributed by atoms with E-state index < -0.39 is 12.6 Å². The third-order valence-corrected chi connectivity index (χ3v) is 1.20. The van der Waals surface area contributed by atoms with Gasteiger partial charge in [0, 0.05) is 0 Å². The molecule has 1 heterocycles. The van der Waals surface area contributed by atoms with Crippen LogP contribution in [0.25, 0.3) is 0 Å². The molecule has 1 aliphatic rings. The van der Waals surface area contributed by atoms with Gasteiger partial charge in [-0.15, -0.1) is 0 Å². The molecule has 1 N–H and O–H groups in total. The lowest BCUT2D eigenvalue weighted by atomic mass is 10.6. The molecular formula is C4H8F2N2. The van der Waals surface area contributed by atoms with Gasteiger partial charge in [-0.3, -0.25) is 10.2 Å². The highest BCUT2D eigenvalue weighted by atomic mass is 19.2. The van der Waals surface area contributed by atoms with Crippen molar-refractivity contribution in [3.05, 3.63) is 0 Å². The van der Waals surface area contributed by atoms with Gasteiger partial charge in [0.05, 0.1) is 6.67 Å². The average Bonchev–Trinajstić information content (AvgIpc) is 1.98. The molecule has 0 aromatic heterocycles. The van der Waals surface area contributed by atoms with Crippen LogP contribution in [-0.4, -0.2) is 31.2 Å². The molecule has 0 aliphatic carbocycles. The summed E-state index contributed by atoms with van der Waals surface area (Å²) >= 11 is 0. The number of nitrogens with one attached hydrogen (secondary N) is 1. The fourth-order valence-electron chi connectivity index (χ4n) is 0.639. The Hall–Kier alpha value is -0.220. The first-order chi connectivity index (χ1) is 3.72. The number of nitrogens with zero attached hydrogens (tertiary/aromatic N) is 1. The van der Waals surface area contributed by atoms with E-state index in [4.69, 9.17) is 0 Å². The van der Waals surface area contributed by atoms with Crippen LogP contribution in [0.4, 0.5) is 8.78 Å². The summed E-state index contributed by atoms with van der Waals surface area (Å²) in [6, 6.07) is 0. The van der Waals surface area contributed by atoms with E-state index in [0.717, 1.165) is 0 Å². The van der Waals surface area contributed by atoms with Crippen LogP contribution in [-0.2, 0) is 0 Å². The summed E-state index contributed by atoms with van der Waals surface area (Å²) in [6.45, 7) is 0.294. The molecule has 0 amide bonds. The van der Waals surface area contributed by atoms with Crippen molar-refractivity contribution < 1.29 is 8.78 Å². The number of alkyl halides is 2. The van der Waals surface area contributed by atoms with Gasteiger partial charge in [-0.05, 0) is 7.05 Å². The summed E-state index contributed by atoms with van der Waals surface area (Å²) in [5.74, 6) is 0. The van der Waals surface area contributed by atoms with E-state index in [1.165, 1.54) is 11.9 Å². The quantitative estimate of drug-likeness (QED) is 0.457. The number of halogens is 2. The zero-order valence-electron chi connectivity index (χ0n) is 4.56. The molecule has 1 rings (SSSR count). The van der Waals surface area contributed by atoms with Crippen molar-refractivity contribution >= 4 is 0 Å². The Kier molecular flexibility index (Phi) is 1.44. The van der Waals surface area contributed by atoms with Crippen molar-refractivity contribution in [1.29, 1.82) is 0 Å². The molecule has 4 heteroatoms. The maximum absolute atomic E-state index is 12.2. The number of hydrogen-bond donors (Lipinski definition) is 1. The van der Waals surface area contributed by atoms with E-state index in [2.05, 4.69) is 5.32 Å². The van der Waals surface area contributed by atoms with Gasteiger partial charge in [0.25, 0.3) is 0 Å². The van der Waals surface area contributed by atoms with Crippen LogP contribution in [0.15, 0.2) is 0 Å². The van der Waals surface area contributed by atoms with Crippen LogP contribution < -0.4 is 5.32 Å². The van der Waals surface area contributed by atoms with Crippen molar-refractivity contribution in [3.8, 4) is 0 Å². The highest BCUT2D eigenvalue weighted by molar-refractivity contribution is 4.71. The summed E-state index contributed by atoms with van der Waals surface area (Å²) < 4.78 is 24.2. The predicted octanol–water partition coefficient (Wildman–Crippen LogP) is 0.0701. The maximum atomic E-state index is 12.2. The minimum absolute atomic E-state index is 0.294. The highest BCUT2D eigenvalue weighted by Crippen LogP contribution is 2.10. The van der Waals surface area contributed by atoms with Crippen molar-refractivity contribution in [2.24, 2.45) is 0 Å². The number of hydrogen-bond acceptors (Lipinski definition) is 2. The summed E-state index contributed by atoms with van der Waals surface area (Å²) in [4.78, 5) is 1.27. The third-order valence-electron chi connectivity index (χ3n) is 1.20. The third kappa shape index (κ3) is 0.809. The van der Waals surface area contributed by atoms with Crippen LogP contribution in [0.1, 0.15) is 0 Å². The first-order valence-corrected chi connectivity index (χ1v) is 2.43. The molecule has 1 fully saturated rings. The monoisotopic (exact) mass is 122 g/mol. The zero-order valence-corrected chi connectivity index (χ0v) is 4.56. The predicted molar refractivity (Wildman–Crippen MR) is 25.6 cm³/mol. The second kappa shape index (κ2) is 1.95. The SMILES string of the molecule is CN1CNC(F)C1F. The van der Waals surface area contributed by atoms with E-state index >= 15 is 0 Å². The molecule has 0 bridgehead atoms. The molecular weight excluding hydrogens is 114 g/mol. The molecule has 0 radical (unpaired) electrons. The Labute approximate surface area is 46.5 Å². The second-order valence-electron chi connectivity index (χ2n) is 1.89. The Balaban J connectivity index is 2.44. The van der Waals surface area contributed by atoms with Crippen LogP contribution in [0.3, 0.4) is 0 Å². The van der Waals surface area contributed by atoms with Gasteiger partial charge >= 0.3 is 0 Å². The Morgan fingerprint density at radius 2 is 2.25 bits per heavy atom. The van der Waals surface area contributed by atoms with Gasteiger partial charge in [-0.2, -0.15) is 0 Å². The molecule has 2 unspecified atom stereocenters. The molecule has 8 heavy (non-hydrogen) atoms. The van der Waals surface area contributed by atoms with Crippen LogP contribution in [0, 0.1) is 0 Å². The molecule has 1 saturated heterocycles. The molecule has 0 saturated carbocycles. The molecule has 0 spiro atoms. The van der Waals surface area contributed by atoms with E-state index in [1.807, 2.05) is 0 Å². The van der Waals surface area contributed by atoms with E-state index in [0.29, 0.717) is 6.67 Å². The largest absolute Gasteiger partial charge is 0.271 e. The topological polar surface area (TPSA) is 15.3 Å². The molecule has 1 aliphatic heterocycles. The number of likely N-dealkylation sites (N-methyl/N-ethyl adjacent to an activating group) is 1. The first kappa shape index (κ1) is 5.91. The molecule has 0 aromatic carbocycles. The van der Waals surface area contributed by atoms with E-state index in [-0.39, 0.29) is 0 Å². The van der Waals surface area contributed by atoms with E-state index in [9.17, 15) is 8.78 Å². The molecule has 2 nitrogen and oxygen atoms in total. The van der Waals surface area contributed by atoms with Gasteiger partial charge in [0.2, 0.25) is 0 Å². The fourth-order valence-corrected chi connectivity index (χ4v) is 0.639. The summed E-state index contributed by atoms with van der Waals surface area (Å²) in [5, 5.41) is 2.30. The van der Waals surface area contributed by atoms with Gasteiger partial charge < -0.3 is 0 Å². The number of rotatable bonds is 0. The van der Waals surface area contributed by atoms with Crippen molar-refractivity contribution in [1.82, 2.24) is 10.2 Å². The highest BCUT2D eigenvalue weighted by Gasteiger charge is 2.30.